The van der Waals surface area contributed by atoms with Crippen LogP contribution in [0.25, 0.3) is 5.69 Å². The van der Waals surface area contributed by atoms with Gasteiger partial charge in [0.15, 0.2) is 17.2 Å². The van der Waals surface area contributed by atoms with Crippen LogP contribution in [0.15, 0.2) is 48.5 Å². The van der Waals surface area contributed by atoms with E-state index >= 15 is 0 Å². The molecule has 1 aliphatic carbocycles. The van der Waals surface area contributed by atoms with E-state index in [1.807, 2.05) is 67.1 Å². The summed E-state index contributed by atoms with van der Waals surface area (Å²) in [6.45, 7) is 5.61. The first-order valence-corrected chi connectivity index (χ1v) is 11.0. The minimum atomic E-state index is -0.108. The van der Waals surface area contributed by atoms with Gasteiger partial charge in [-0.15, -0.1) is 0 Å². The van der Waals surface area contributed by atoms with Crippen molar-refractivity contribution in [2.75, 3.05) is 19.8 Å². The number of aromatic nitrogens is 2. The Bertz CT molecular complexity index is 1040. The van der Waals surface area contributed by atoms with Crippen LogP contribution in [0.5, 0.6) is 11.5 Å². The number of hydrogen-bond acceptors (Lipinski definition) is 4. The van der Waals surface area contributed by atoms with Crippen LogP contribution in [0.4, 0.5) is 0 Å². The molecule has 1 aliphatic rings. The van der Waals surface area contributed by atoms with E-state index < -0.39 is 0 Å². The fraction of sp³-hybridized carbons (Fsp3) is 0.360. The van der Waals surface area contributed by atoms with Crippen LogP contribution >= 0.6 is 0 Å². The highest BCUT2D eigenvalue weighted by Crippen LogP contribution is 2.29. The van der Waals surface area contributed by atoms with Gasteiger partial charge in [-0.05, 0) is 69.4 Å². The van der Waals surface area contributed by atoms with Crippen LogP contribution in [-0.4, -0.2) is 35.4 Å². The Kier molecular flexibility index (Phi) is 6.55. The van der Waals surface area contributed by atoms with Crippen LogP contribution < -0.4 is 14.8 Å². The molecule has 1 N–H and O–H groups in total. The zero-order valence-electron chi connectivity index (χ0n) is 18.2. The Hall–Kier alpha value is -3.28. The molecule has 31 heavy (non-hydrogen) atoms. The number of carbonyl (C=O) groups is 1. The third-order valence-electron chi connectivity index (χ3n) is 5.45. The lowest BCUT2D eigenvalue weighted by Gasteiger charge is -2.12. The molecule has 162 valence electrons. The molecule has 0 radical (unpaired) electrons. The zero-order chi connectivity index (χ0) is 21.6. The van der Waals surface area contributed by atoms with Crippen molar-refractivity contribution >= 4 is 5.91 Å². The van der Waals surface area contributed by atoms with Gasteiger partial charge in [0.1, 0.15) is 0 Å². The van der Waals surface area contributed by atoms with Gasteiger partial charge in [-0.25, -0.2) is 4.68 Å². The molecule has 1 aromatic heterocycles. The van der Waals surface area contributed by atoms with Crippen LogP contribution in [0, 0.1) is 0 Å². The lowest BCUT2D eigenvalue weighted by atomic mass is 10.1. The predicted molar refractivity (Wildman–Crippen MR) is 120 cm³/mol. The second-order valence-corrected chi connectivity index (χ2v) is 7.53. The standard InChI is InChI=1S/C25H29N3O3/c1-3-30-22-14-13-18(17-23(22)31-4-2)15-16-26-25(29)24-20-11-8-12-21(20)28(27-24)19-9-6-5-7-10-19/h5-7,9-10,13-14,17H,3-4,8,11-12,15-16H2,1-2H3,(H,26,29). The highest BCUT2D eigenvalue weighted by molar-refractivity contribution is 5.94. The van der Waals surface area contributed by atoms with Crippen LogP contribution in [-0.2, 0) is 19.3 Å². The van der Waals surface area contributed by atoms with Crippen molar-refractivity contribution in [1.82, 2.24) is 15.1 Å². The second kappa shape index (κ2) is 9.69. The SMILES string of the molecule is CCOc1ccc(CCNC(=O)c2nn(-c3ccccc3)c3c2CCC3)cc1OCC. The van der Waals surface area contributed by atoms with E-state index in [0.29, 0.717) is 31.9 Å². The average molecular weight is 420 g/mol. The predicted octanol–water partition coefficient (Wildman–Crippen LogP) is 4.13. The van der Waals surface area contributed by atoms with Crippen LogP contribution in [0.2, 0.25) is 0 Å². The molecular formula is C25H29N3O3. The van der Waals surface area contributed by atoms with Gasteiger partial charge in [0.05, 0.1) is 18.9 Å². The van der Waals surface area contributed by atoms with Crippen molar-refractivity contribution in [3.05, 3.63) is 71.0 Å². The monoisotopic (exact) mass is 419 g/mol. The summed E-state index contributed by atoms with van der Waals surface area (Å²) in [5, 5.41) is 7.71. The lowest BCUT2D eigenvalue weighted by Crippen LogP contribution is -2.27. The smallest absolute Gasteiger partial charge is 0.272 e. The Labute approximate surface area is 183 Å². The summed E-state index contributed by atoms with van der Waals surface area (Å²) in [5.41, 5.74) is 4.88. The minimum absolute atomic E-state index is 0.108. The first-order chi connectivity index (χ1) is 15.2. The Morgan fingerprint density at radius 1 is 1.03 bits per heavy atom. The van der Waals surface area contributed by atoms with Crippen molar-refractivity contribution in [3.8, 4) is 17.2 Å². The molecule has 1 heterocycles. The largest absolute Gasteiger partial charge is 0.490 e. The van der Waals surface area contributed by atoms with E-state index in [0.717, 1.165) is 53.3 Å². The van der Waals surface area contributed by atoms with Crippen LogP contribution in [0.1, 0.15) is 47.6 Å². The maximum atomic E-state index is 12.9. The third kappa shape index (κ3) is 4.58. The van der Waals surface area contributed by atoms with Gasteiger partial charge in [0, 0.05) is 17.8 Å². The van der Waals surface area contributed by atoms with Gasteiger partial charge >= 0.3 is 0 Å². The molecule has 0 saturated carbocycles. The minimum Gasteiger partial charge on any atom is -0.490 e. The molecule has 3 aromatic rings. The fourth-order valence-corrected chi connectivity index (χ4v) is 4.06. The molecule has 0 unspecified atom stereocenters. The number of nitrogens with zero attached hydrogens (tertiary/aromatic N) is 2. The van der Waals surface area contributed by atoms with E-state index in [4.69, 9.17) is 9.47 Å². The zero-order valence-corrected chi connectivity index (χ0v) is 18.2. The van der Waals surface area contributed by atoms with Gasteiger partial charge in [-0.1, -0.05) is 24.3 Å². The summed E-state index contributed by atoms with van der Waals surface area (Å²) >= 11 is 0. The van der Waals surface area contributed by atoms with Gasteiger partial charge in [0.2, 0.25) is 0 Å². The fourth-order valence-electron chi connectivity index (χ4n) is 4.06. The summed E-state index contributed by atoms with van der Waals surface area (Å²) in [5.74, 6) is 1.38. The number of hydrogen-bond donors (Lipinski definition) is 1. The van der Waals surface area contributed by atoms with E-state index in [-0.39, 0.29) is 5.91 Å². The normalized spacial score (nSPS) is 12.5. The van der Waals surface area contributed by atoms with Crippen molar-refractivity contribution in [2.45, 2.75) is 39.5 Å². The topological polar surface area (TPSA) is 65.4 Å². The van der Waals surface area contributed by atoms with E-state index in [2.05, 4.69) is 10.4 Å². The molecule has 6 nitrogen and oxygen atoms in total. The number of benzene rings is 2. The number of rotatable bonds is 9. The van der Waals surface area contributed by atoms with Gasteiger partial charge in [-0.2, -0.15) is 5.10 Å². The number of fused-ring (bicyclic) bond motifs is 1. The molecular weight excluding hydrogens is 390 g/mol. The van der Waals surface area contributed by atoms with E-state index in [1.54, 1.807) is 0 Å². The molecule has 2 aromatic carbocycles. The van der Waals surface area contributed by atoms with Crippen molar-refractivity contribution < 1.29 is 14.3 Å². The molecule has 0 fully saturated rings. The third-order valence-corrected chi connectivity index (χ3v) is 5.45. The van der Waals surface area contributed by atoms with Crippen molar-refractivity contribution in [3.63, 3.8) is 0 Å². The molecule has 4 rings (SSSR count). The summed E-state index contributed by atoms with van der Waals surface area (Å²) in [6, 6.07) is 15.9. The molecule has 0 bridgehead atoms. The van der Waals surface area contributed by atoms with E-state index in [9.17, 15) is 4.79 Å². The Balaban J connectivity index is 1.44. The number of amides is 1. The van der Waals surface area contributed by atoms with E-state index in [1.165, 1.54) is 0 Å². The maximum absolute atomic E-state index is 12.9. The maximum Gasteiger partial charge on any atom is 0.272 e. The van der Waals surface area contributed by atoms with Gasteiger partial charge in [-0.3, -0.25) is 4.79 Å². The number of ether oxygens (including phenoxy) is 2. The van der Waals surface area contributed by atoms with Gasteiger partial charge < -0.3 is 14.8 Å². The van der Waals surface area contributed by atoms with Crippen molar-refractivity contribution in [2.24, 2.45) is 0 Å². The summed E-state index contributed by atoms with van der Waals surface area (Å²) < 4.78 is 13.2. The summed E-state index contributed by atoms with van der Waals surface area (Å²) in [6.07, 6.45) is 3.63. The van der Waals surface area contributed by atoms with Gasteiger partial charge in [0.25, 0.3) is 5.91 Å². The summed E-state index contributed by atoms with van der Waals surface area (Å²) in [4.78, 5) is 12.9. The number of para-hydroxylation sites is 1. The number of carbonyl (C=O) groups excluding carboxylic acids is 1. The first-order valence-electron chi connectivity index (χ1n) is 11.0. The van der Waals surface area contributed by atoms with Crippen molar-refractivity contribution in [1.29, 1.82) is 0 Å². The molecule has 0 aliphatic heterocycles. The highest BCUT2D eigenvalue weighted by Gasteiger charge is 2.26. The molecule has 0 atom stereocenters. The molecule has 6 heteroatoms. The lowest BCUT2D eigenvalue weighted by molar-refractivity contribution is 0.0948. The Morgan fingerprint density at radius 3 is 2.58 bits per heavy atom. The summed E-state index contributed by atoms with van der Waals surface area (Å²) in [7, 11) is 0. The number of nitrogens with one attached hydrogen (secondary N) is 1. The average Bonchev–Trinajstić information content (AvgIpc) is 3.39. The quantitative estimate of drug-likeness (QED) is 0.566. The second-order valence-electron chi connectivity index (χ2n) is 7.53. The molecule has 1 amide bonds. The molecule has 0 saturated heterocycles. The highest BCUT2D eigenvalue weighted by atomic mass is 16.5. The Morgan fingerprint density at radius 2 is 1.81 bits per heavy atom. The first kappa shape index (κ1) is 21.0. The molecule has 0 spiro atoms. The van der Waals surface area contributed by atoms with Crippen LogP contribution in [0.3, 0.4) is 0 Å².